The number of benzene rings is 2. The molecular weight excluding hydrogens is 558 g/mol. The van der Waals surface area contributed by atoms with E-state index in [0.29, 0.717) is 23.1 Å². The smallest absolute Gasteiger partial charge is 0.233 e. The van der Waals surface area contributed by atoms with Crippen LogP contribution in [0.4, 0.5) is 0 Å². The van der Waals surface area contributed by atoms with Gasteiger partial charge in [-0.05, 0) is 64.4 Å². The van der Waals surface area contributed by atoms with E-state index in [2.05, 4.69) is 15.9 Å². The van der Waals surface area contributed by atoms with Crippen molar-refractivity contribution in [3.63, 3.8) is 0 Å². The fourth-order valence-electron chi connectivity index (χ4n) is 7.85. The van der Waals surface area contributed by atoms with Gasteiger partial charge >= 0.3 is 0 Å². The van der Waals surface area contributed by atoms with E-state index in [1.54, 1.807) is 11.0 Å². The quantitative estimate of drug-likeness (QED) is 0.280. The fraction of sp³-hybridized carbons (Fsp3) is 0.375. The van der Waals surface area contributed by atoms with Gasteiger partial charge in [-0.15, -0.1) is 0 Å². The second-order valence-corrected chi connectivity index (χ2v) is 12.3. The molecule has 39 heavy (non-hydrogen) atoms. The predicted octanol–water partition coefficient (Wildman–Crippen LogP) is 5.64. The largest absolute Gasteiger partial charge is 0.508 e. The molecule has 2 amide bonds. The molecule has 7 heteroatoms. The second kappa shape index (κ2) is 9.12. The first kappa shape index (κ1) is 24.7. The summed E-state index contributed by atoms with van der Waals surface area (Å²) < 4.78 is 0.199. The highest BCUT2D eigenvalue weighted by atomic mass is 79.9. The first-order valence-electron chi connectivity index (χ1n) is 13.8. The number of imide groups is 1. The number of hydrogen-bond acceptors (Lipinski definition) is 5. The summed E-state index contributed by atoms with van der Waals surface area (Å²) in [6, 6.07) is 11.1. The molecule has 5 aliphatic rings. The topological polar surface area (TPSA) is 91.8 Å². The van der Waals surface area contributed by atoms with E-state index in [1.165, 1.54) is 6.08 Å². The average Bonchev–Trinajstić information content (AvgIpc) is 3.21. The zero-order valence-electron chi connectivity index (χ0n) is 21.4. The van der Waals surface area contributed by atoms with Crippen LogP contribution in [0.1, 0.15) is 56.4 Å². The summed E-state index contributed by atoms with van der Waals surface area (Å²) in [5.74, 6) is -2.82. The third-order valence-electron chi connectivity index (χ3n) is 9.54. The number of carbonyl (C=O) groups is 4. The third-order valence-corrected chi connectivity index (χ3v) is 10.1. The maximum Gasteiger partial charge on any atom is 0.233 e. The molecule has 1 saturated carbocycles. The number of amides is 2. The van der Waals surface area contributed by atoms with Gasteiger partial charge in [0.1, 0.15) is 5.75 Å². The Labute approximate surface area is 234 Å². The lowest BCUT2D eigenvalue weighted by atomic mass is 9.59. The van der Waals surface area contributed by atoms with E-state index in [4.69, 9.17) is 0 Å². The van der Waals surface area contributed by atoms with Crippen molar-refractivity contribution < 1.29 is 24.3 Å². The second-order valence-electron chi connectivity index (χ2n) is 11.5. The SMILES string of the molecule is O=C1C=C(Br)C(=O)C2=C1C(c1c(O)ccc3ccccc13)C1=CCC3C(=O)N(C4CCCCC4)C(=O)C3C1C2. The number of aromatic hydroxyl groups is 1. The van der Waals surface area contributed by atoms with Crippen molar-refractivity contribution in [2.45, 2.75) is 56.9 Å². The van der Waals surface area contributed by atoms with Crippen molar-refractivity contribution in [2.24, 2.45) is 17.8 Å². The van der Waals surface area contributed by atoms with Gasteiger partial charge in [-0.2, -0.15) is 0 Å². The summed E-state index contributed by atoms with van der Waals surface area (Å²) in [7, 11) is 0. The van der Waals surface area contributed by atoms with Gasteiger partial charge in [-0.1, -0.05) is 61.2 Å². The number of allylic oxidation sites excluding steroid dienone is 6. The van der Waals surface area contributed by atoms with Gasteiger partial charge in [0.2, 0.25) is 11.8 Å². The first-order chi connectivity index (χ1) is 18.9. The molecule has 2 fully saturated rings. The van der Waals surface area contributed by atoms with Crippen molar-refractivity contribution in [1.82, 2.24) is 4.90 Å². The lowest BCUT2D eigenvalue weighted by molar-refractivity contribution is -0.143. The number of carbonyl (C=O) groups excluding carboxylic acids is 4. The summed E-state index contributed by atoms with van der Waals surface area (Å²) in [5, 5.41) is 12.9. The minimum atomic E-state index is -0.675. The van der Waals surface area contributed by atoms with Gasteiger partial charge in [-0.25, -0.2) is 0 Å². The van der Waals surface area contributed by atoms with Crippen molar-refractivity contribution in [3.8, 4) is 5.75 Å². The van der Waals surface area contributed by atoms with Crippen LogP contribution in [0.2, 0.25) is 0 Å². The van der Waals surface area contributed by atoms with Crippen LogP contribution in [0.3, 0.4) is 0 Å². The standard InChI is InChI=1S/C32H28BrNO5/c33-23-15-25(36)28-22(30(23)37)14-21-19(29(28)27-18-9-5-4-6-16(18)10-13-24(27)35)11-12-20-26(21)32(39)34(31(20)38)17-7-2-1-3-8-17/h4-6,9-11,13,15,17,20-21,26,29,35H,1-3,7-8,12,14H2. The number of Topliss-reactive ketones (excluding diaryl/α,β-unsaturated/α-hetero) is 1. The summed E-state index contributed by atoms with van der Waals surface area (Å²) >= 11 is 3.28. The number of hydrogen-bond donors (Lipinski definition) is 1. The highest BCUT2D eigenvalue weighted by Crippen LogP contribution is 2.57. The maximum absolute atomic E-state index is 14.0. The van der Waals surface area contributed by atoms with Crippen LogP contribution in [0.25, 0.3) is 10.8 Å². The lowest BCUT2D eigenvalue weighted by Gasteiger charge is -2.42. The predicted molar refractivity (Wildman–Crippen MR) is 149 cm³/mol. The van der Waals surface area contributed by atoms with E-state index in [1.807, 2.05) is 36.4 Å². The Hall–Kier alpha value is -3.32. The van der Waals surface area contributed by atoms with Crippen LogP contribution >= 0.6 is 15.9 Å². The van der Waals surface area contributed by atoms with Crippen LogP contribution in [-0.2, 0) is 19.2 Å². The number of ketones is 2. The lowest BCUT2D eigenvalue weighted by Crippen LogP contribution is -2.43. The molecule has 198 valence electrons. The monoisotopic (exact) mass is 585 g/mol. The molecule has 4 atom stereocenters. The Balaban J connectivity index is 1.41. The number of halogens is 1. The zero-order valence-corrected chi connectivity index (χ0v) is 22.9. The van der Waals surface area contributed by atoms with E-state index < -0.39 is 23.7 Å². The summed E-state index contributed by atoms with van der Waals surface area (Å²) in [4.78, 5) is 56.2. The number of phenols is 1. The maximum atomic E-state index is 14.0. The Bertz CT molecular complexity index is 1580. The molecule has 6 nitrogen and oxygen atoms in total. The highest BCUT2D eigenvalue weighted by Gasteiger charge is 2.57. The van der Waals surface area contributed by atoms with Gasteiger partial charge in [0.05, 0.1) is 16.3 Å². The van der Waals surface area contributed by atoms with Gasteiger partial charge in [0.25, 0.3) is 0 Å². The molecule has 1 heterocycles. The van der Waals surface area contributed by atoms with E-state index in [9.17, 15) is 24.3 Å². The molecule has 0 bridgehead atoms. The number of fused-ring (bicyclic) bond motifs is 4. The molecule has 0 aromatic heterocycles. The molecule has 4 aliphatic carbocycles. The average molecular weight is 586 g/mol. The van der Waals surface area contributed by atoms with Crippen molar-refractivity contribution in [3.05, 3.63) is 75.3 Å². The molecule has 1 saturated heterocycles. The fourth-order valence-corrected chi connectivity index (χ4v) is 8.30. The Kier molecular flexibility index (Phi) is 5.78. The van der Waals surface area contributed by atoms with Crippen LogP contribution in [0.5, 0.6) is 5.75 Å². The molecule has 2 aromatic carbocycles. The summed E-state index contributed by atoms with van der Waals surface area (Å²) in [5.41, 5.74) is 2.19. The Morgan fingerprint density at radius 1 is 0.897 bits per heavy atom. The van der Waals surface area contributed by atoms with Gasteiger partial charge < -0.3 is 5.11 Å². The summed E-state index contributed by atoms with van der Waals surface area (Å²) in [6.07, 6.45) is 8.81. The normalized spacial score (nSPS) is 29.3. The number of phenolic OH excluding ortho intramolecular Hbond substituents is 1. The van der Waals surface area contributed by atoms with E-state index >= 15 is 0 Å². The van der Waals surface area contributed by atoms with Gasteiger partial charge in [-0.3, -0.25) is 24.1 Å². The molecule has 2 aromatic rings. The molecule has 0 spiro atoms. The Morgan fingerprint density at radius 3 is 2.46 bits per heavy atom. The van der Waals surface area contributed by atoms with Crippen LogP contribution in [0, 0.1) is 17.8 Å². The molecule has 0 radical (unpaired) electrons. The van der Waals surface area contributed by atoms with E-state index in [0.717, 1.165) is 48.4 Å². The van der Waals surface area contributed by atoms with Crippen LogP contribution in [-0.4, -0.2) is 39.4 Å². The van der Waals surface area contributed by atoms with Crippen LogP contribution < -0.4 is 0 Å². The molecule has 1 N–H and O–H groups in total. The zero-order chi connectivity index (χ0) is 27.0. The highest BCUT2D eigenvalue weighted by molar-refractivity contribution is 9.12. The molecule has 7 rings (SSSR count). The number of rotatable bonds is 2. The molecule has 1 aliphatic heterocycles. The first-order valence-corrected chi connectivity index (χ1v) is 14.6. The summed E-state index contributed by atoms with van der Waals surface area (Å²) in [6.45, 7) is 0. The minimum absolute atomic E-state index is 0.0424. The van der Waals surface area contributed by atoms with E-state index in [-0.39, 0.29) is 46.1 Å². The number of likely N-dealkylation sites (tertiary alicyclic amines) is 1. The Morgan fingerprint density at radius 2 is 1.67 bits per heavy atom. The van der Waals surface area contributed by atoms with Gasteiger partial charge in [0.15, 0.2) is 11.6 Å². The number of nitrogens with zero attached hydrogens (tertiary/aromatic N) is 1. The molecular formula is C32H28BrNO5. The minimum Gasteiger partial charge on any atom is -0.508 e. The molecule has 4 unspecified atom stereocenters. The van der Waals surface area contributed by atoms with Crippen molar-refractivity contribution >= 4 is 50.1 Å². The van der Waals surface area contributed by atoms with Crippen LogP contribution in [0.15, 0.2) is 69.8 Å². The van der Waals surface area contributed by atoms with Gasteiger partial charge in [0, 0.05) is 34.7 Å². The van der Waals surface area contributed by atoms with Crippen molar-refractivity contribution in [1.29, 1.82) is 0 Å². The van der Waals surface area contributed by atoms with Crippen molar-refractivity contribution in [2.75, 3.05) is 0 Å². The third kappa shape index (κ3) is 3.58.